The molecule has 0 saturated carbocycles. The van der Waals surface area contributed by atoms with Crippen molar-refractivity contribution in [2.75, 3.05) is 6.54 Å². The summed E-state index contributed by atoms with van der Waals surface area (Å²) < 4.78 is 31.7. The quantitative estimate of drug-likeness (QED) is 0.847. The molecule has 0 atom stereocenters. The molecular weight excluding hydrogens is 346 g/mol. The second-order valence-corrected chi connectivity index (χ2v) is 6.95. The molecule has 0 unspecified atom stereocenters. The molecule has 6 nitrogen and oxygen atoms in total. The third-order valence-corrected chi connectivity index (χ3v) is 3.71. The lowest BCUT2D eigenvalue weighted by Crippen LogP contribution is -2.33. The van der Waals surface area contributed by atoms with Crippen LogP contribution in [0.5, 0.6) is 0 Å². The van der Waals surface area contributed by atoms with Gasteiger partial charge in [-0.25, -0.2) is 8.78 Å². The number of carbonyl (C=O) groups excluding carboxylic acids is 1. The first-order valence-corrected chi connectivity index (χ1v) is 8.00. The van der Waals surface area contributed by atoms with Gasteiger partial charge in [-0.1, -0.05) is 32.0 Å². The number of halogens is 2. The van der Waals surface area contributed by atoms with E-state index in [2.05, 4.69) is 5.16 Å². The molecule has 1 N–H and O–H groups in total. The van der Waals surface area contributed by atoms with Gasteiger partial charge < -0.3 is 14.5 Å². The van der Waals surface area contributed by atoms with Crippen molar-refractivity contribution in [1.29, 1.82) is 0 Å². The highest BCUT2D eigenvalue weighted by atomic mass is 19.2. The van der Waals surface area contributed by atoms with Crippen LogP contribution in [0.15, 0.2) is 28.8 Å². The van der Waals surface area contributed by atoms with Gasteiger partial charge in [-0.2, -0.15) is 0 Å². The molecule has 1 aromatic heterocycles. The highest BCUT2D eigenvalue weighted by molar-refractivity contribution is 5.92. The molecule has 1 aromatic carbocycles. The second kappa shape index (κ2) is 7.63. The monoisotopic (exact) mass is 366 g/mol. The molecule has 0 fully saturated rings. The number of carboxylic acids is 1. The van der Waals surface area contributed by atoms with Crippen LogP contribution >= 0.6 is 0 Å². The van der Waals surface area contributed by atoms with Gasteiger partial charge in [0.25, 0.3) is 5.91 Å². The van der Waals surface area contributed by atoms with Crippen molar-refractivity contribution in [2.45, 2.75) is 39.2 Å². The Bertz CT molecular complexity index is 812. The van der Waals surface area contributed by atoms with Gasteiger partial charge in [-0.15, -0.1) is 0 Å². The minimum Gasteiger partial charge on any atom is -0.481 e. The van der Waals surface area contributed by atoms with Gasteiger partial charge in [0.1, 0.15) is 5.76 Å². The van der Waals surface area contributed by atoms with Gasteiger partial charge in [0.15, 0.2) is 17.3 Å². The predicted molar refractivity (Wildman–Crippen MR) is 88.6 cm³/mol. The fraction of sp³-hybridized carbons (Fsp3) is 0.389. The summed E-state index contributed by atoms with van der Waals surface area (Å²) in [6, 6.07) is 4.77. The maximum absolute atomic E-state index is 13.4. The van der Waals surface area contributed by atoms with E-state index in [1.54, 1.807) is 0 Å². The number of carbonyl (C=O) groups is 2. The molecule has 0 saturated heterocycles. The van der Waals surface area contributed by atoms with Crippen molar-refractivity contribution < 1.29 is 28.0 Å². The molecule has 8 heteroatoms. The molecule has 26 heavy (non-hydrogen) atoms. The number of benzene rings is 1. The van der Waals surface area contributed by atoms with Crippen LogP contribution in [-0.4, -0.2) is 33.6 Å². The number of rotatable bonds is 6. The molecule has 140 valence electrons. The van der Waals surface area contributed by atoms with E-state index in [9.17, 15) is 18.4 Å². The van der Waals surface area contributed by atoms with Crippen LogP contribution in [0.25, 0.3) is 0 Å². The summed E-state index contributed by atoms with van der Waals surface area (Å²) in [5, 5.41) is 12.6. The average molecular weight is 366 g/mol. The Morgan fingerprint density at radius 1 is 1.19 bits per heavy atom. The van der Waals surface area contributed by atoms with Crippen LogP contribution in [0.3, 0.4) is 0 Å². The first-order valence-electron chi connectivity index (χ1n) is 8.00. The summed E-state index contributed by atoms with van der Waals surface area (Å²) in [6.07, 6.45) is -0.292. The van der Waals surface area contributed by atoms with Gasteiger partial charge in [-0.05, 0) is 17.7 Å². The SMILES string of the molecule is CC(C)(C)c1cc(C(=O)N(CCC(=O)O)Cc2ccc(F)c(F)c2)no1. The van der Waals surface area contributed by atoms with E-state index in [1.165, 1.54) is 17.0 Å². The molecule has 2 rings (SSSR count). The minimum absolute atomic E-state index is 0.0305. The molecular formula is C18H20F2N2O4. The highest BCUT2D eigenvalue weighted by Crippen LogP contribution is 2.23. The van der Waals surface area contributed by atoms with E-state index >= 15 is 0 Å². The third-order valence-electron chi connectivity index (χ3n) is 3.71. The van der Waals surface area contributed by atoms with Crippen molar-refractivity contribution in [3.63, 3.8) is 0 Å². The zero-order valence-corrected chi connectivity index (χ0v) is 14.8. The third kappa shape index (κ3) is 4.87. The van der Waals surface area contributed by atoms with Crippen LogP contribution in [0.2, 0.25) is 0 Å². The lowest BCUT2D eigenvalue weighted by Gasteiger charge is -2.21. The zero-order chi connectivity index (χ0) is 19.5. The predicted octanol–water partition coefficient (Wildman–Crippen LogP) is 3.37. The Labute approximate surface area is 149 Å². The van der Waals surface area contributed by atoms with Crippen molar-refractivity contribution in [3.8, 4) is 0 Å². The van der Waals surface area contributed by atoms with Crippen molar-refractivity contribution >= 4 is 11.9 Å². The summed E-state index contributed by atoms with van der Waals surface area (Å²) in [4.78, 5) is 24.8. The molecule has 0 aliphatic heterocycles. The zero-order valence-electron chi connectivity index (χ0n) is 14.8. The van der Waals surface area contributed by atoms with Crippen LogP contribution < -0.4 is 0 Å². The lowest BCUT2D eigenvalue weighted by molar-refractivity contribution is -0.137. The van der Waals surface area contributed by atoms with E-state index < -0.39 is 23.5 Å². The molecule has 1 heterocycles. The lowest BCUT2D eigenvalue weighted by atomic mass is 9.93. The first-order chi connectivity index (χ1) is 12.1. The van der Waals surface area contributed by atoms with Gasteiger partial charge >= 0.3 is 5.97 Å². The molecule has 1 amide bonds. The number of aliphatic carboxylic acids is 1. The summed E-state index contributed by atoms with van der Waals surface area (Å²) in [5.41, 5.74) is 0.0161. The second-order valence-electron chi connectivity index (χ2n) is 6.95. The van der Waals surface area contributed by atoms with Gasteiger partial charge in [0.2, 0.25) is 0 Å². The number of hydrogen-bond acceptors (Lipinski definition) is 4. The Morgan fingerprint density at radius 3 is 2.42 bits per heavy atom. The van der Waals surface area contributed by atoms with Crippen LogP contribution in [0, 0.1) is 11.6 Å². The van der Waals surface area contributed by atoms with Crippen molar-refractivity contribution in [2.24, 2.45) is 0 Å². The first kappa shape index (κ1) is 19.6. The van der Waals surface area contributed by atoms with E-state index in [0.717, 1.165) is 12.1 Å². The summed E-state index contributed by atoms with van der Waals surface area (Å²) >= 11 is 0. The summed E-state index contributed by atoms with van der Waals surface area (Å²) in [5.74, 6) is -3.15. The number of nitrogens with zero attached hydrogens (tertiary/aromatic N) is 2. The Morgan fingerprint density at radius 2 is 1.88 bits per heavy atom. The number of hydrogen-bond donors (Lipinski definition) is 1. The normalized spacial score (nSPS) is 11.4. The summed E-state index contributed by atoms with van der Waals surface area (Å²) in [6.45, 7) is 5.49. The largest absolute Gasteiger partial charge is 0.481 e. The van der Waals surface area contributed by atoms with Gasteiger partial charge in [0.05, 0.1) is 6.42 Å². The van der Waals surface area contributed by atoms with E-state index in [0.29, 0.717) is 11.3 Å². The van der Waals surface area contributed by atoms with E-state index in [-0.39, 0.29) is 30.6 Å². The van der Waals surface area contributed by atoms with Crippen LogP contribution in [-0.2, 0) is 16.8 Å². The maximum atomic E-state index is 13.4. The number of carboxylic acid groups (broad SMARTS) is 1. The fourth-order valence-corrected chi connectivity index (χ4v) is 2.23. The number of amides is 1. The van der Waals surface area contributed by atoms with E-state index in [4.69, 9.17) is 9.63 Å². The van der Waals surface area contributed by atoms with Crippen molar-refractivity contribution in [3.05, 3.63) is 52.9 Å². The highest BCUT2D eigenvalue weighted by Gasteiger charge is 2.25. The molecule has 0 radical (unpaired) electrons. The van der Waals surface area contributed by atoms with Gasteiger partial charge in [-0.3, -0.25) is 9.59 Å². The average Bonchev–Trinajstić information content (AvgIpc) is 3.04. The molecule has 0 bridgehead atoms. The maximum Gasteiger partial charge on any atom is 0.305 e. The van der Waals surface area contributed by atoms with Gasteiger partial charge in [0, 0.05) is 24.6 Å². The number of aromatic nitrogens is 1. The summed E-state index contributed by atoms with van der Waals surface area (Å²) in [7, 11) is 0. The molecule has 2 aromatic rings. The smallest absolute Gasteiger partial charge is 0.305 e. The van der Waals surface area contributed by atoms with Crippen molar-refractivity contribution in [1.82, 2.24) is 10.1 Å². The Balaban J connectivity index is 2.25. The molecule has 0 aliphatic rings. The molecule has 0 aliphatic carbocycles. The standard InChI is InChI=1S/C18H20F2N2O4/c1-18(2,3)15-9-14(21-26-15)17(25)22(7-6-16(23)24)10-11-4-5-12(19)13(20)8-11/h4-5,8-9H,6-7,10H2,1-3H3,(H,23,24). The topological polar surface area (TPSA) is 83.6 Å². The minimum atomic E-state index is -1.08. The van der Waals surface area contributed by atoms with Crippen LogP contribution in [0.4, 0.5) is 8.78 Å². The fourth-order valence-electron chi connectivity index (χ4n) is 2.23. The Kier molecular flexibility index (Phi) is 5.74. The van der Waals surface area contributed by atoms with Crippen LogP contribution in [0.1, 0.15) is 49.0 Å². The molecule has 0 spiro atoms. The Hall–Kier alpha value is -2.77. The van der Waals surface area contributed by atoms with E-state index in [1.807, 2.05) is 20.8 Å².